The van der Waals surface area contributed by atoms with Crippen molar-refractivity contribution in [2.24, 2.45) is 14.1 Å². The third kappa shape index (κ3) is 5.25. The minimum atomic E-state index is -0.329. The number of nitrogens with zero attached hydrogens (tertiary/aromatic N) is 2. The van der Waals surface area contributed by atoms with Crippen molar-refractivity contribution in [2.45, 2.75) is 46.2 Å². The summed E-state index contributed by atoms with van der Waals surface area (Å²) in [5.74, 6) is 1.49. The molecule has 0 fully saturated rings. The summed E-state index contributed by atoms with van der Waals surface area (Å²) in [5, 5.41) is 3.37. The molecule has 2 rings (SSSR count). The van der Waals surface area contributed by atoms with Gasteiger partial charge in [-0.2, -0.15) is 0 Å². The van der Waals surface area contributed by atoms with E-state index < -0.39 is 0 Å². The first-order valence-corrected chi connectivity index (χ1v) is 9.77. The fraction of sp³-hybridized carbons (Fsp3) is 0.524. The summed E-state index contributed by atoms with van der Waals surface area (Å²) in [6.45, 7) is 7.84. The number of ether oxygens (including phenoxy) is 2. The van der Waals surface area contributed by atoms with Gasteiger partial charge < -0.3 is 14.8 Å². The van der Waals surface area contributed by atoms with Gasteiger partial charge in [0.15, 0.2) is 11.5 Å². The van der Waals surface area contributed by atoms with Gasteiger partial charge in [-0.3, -0.25) is 13.9 Å². The van der Waals surface area contributed by atoms with Crippen LogP contribution in [0.4, 0.5) is 0 Å². The number of aromatic nitrogens is 2. The topological polar surface area (TPSA) is 74.5 Å². The van der Waals surface area contributed by atoms with Gasteiger partial charge in [0.2, 0.25) is 0 Å². The van der Waals surface area contributed by atoms with Crippen LogP contribution in [0.5, 0.6) is 11.5 Å². The molecule has 0 aliphatic heterocycles. The highest BCUT2D eigenvalue weighted by atomic mass is 16.5. The van der Waals surface area contributed by atoms with Crippen LogP contribution in [0.15, 0.2) is 33.9 Å². The highest BCUT2D eigenvalue weighted by molar-refractivity contribution is 5.44. The molecular formula is C21H31N3O4. The van der Waals surface area contributed by atoms with E-state index in [-0.39, 0.29) is 17.3 Å². The summed E-state index contributed by atoms with van der Waals surface area (Å²) in [4.78, 5) is 23.9. The van der Waals surface area contributed by atoms with E-state index in [0.717, 1.165) is 34.5 Å². The van der Waals surface area contributed by atoms with E-state index >= 15 is 0 Å². The molecular weight excluding hydrogens is 358 g/mol. The van der Waals surface area contributed by atoms with Crippen LogP contribution in [0.2, 0.25) is 0 Å². The maximum Gasteiger partial charge on any atom is 0.330 e. The molecule has 1 atom stereocenters. The van der Waals surface area contributed by atoms with Gasteiger partial charge in [0.1, 0.15) is 0 Å². The zero-order valence-corrected chi connectivity index (χ0v) is 17.4. The quantitative estimate of drug-likeness (QED) is 0.676. The van der Waals surface area contributed by atoms with Crippen molar-refractivity contribution in [3.05, 3.63) is 56.4 Å². The average Bonchev–Trinajstić information content (AvgIpc) is 2.70. The van der Waals surface area contributed by atoms with Crippen molar-refractivity contribution < 1.29 is 9.47 Å². The van der Waals surface area contributed by atoms with Crippen LogP contribution in [-0.2, 0) is 20.6 Å². The van der Waals surface area contributed by atoms with E-state index in [1.165, 1.54) is 17.7 Å². The van der Waals surface area contributed by atoms with E-state index in [1.54, 1.807) is 7.05 Å². The lowest BCUT2D eigenvalue weighted by Gasteiger charge is -2.19. The molecule has 154 valence electrons. The van der Waals surface area contributed by atoms with Crippen LogP contribution < -0.4 is 26.0 Å². The van der Waals surface area contributed by atoms with E-state index in [1.807, 2.05) is 25.1 Å². The van der Waals surface area contributed by atoms with Crippen LogP contribution in [-0.4, -0.2) is 22.3 Å². The first kappa shape index (κ1) is 21.8. The molecule has 0 aliphatic carbocycles. The maximum absolute atomic E-state index is 12.1. The third-order valence-corrected chi connectivity index (χ3v) is 4.61. The Morgan fingerprint density at radius 1 is 0.964 bits per heavy atom. The van der Waals surface area contributed by atoms with Crippen molar-refractivity contribution in [3.63, 3.8) is 0 Å². The lowest BCUT2D eigenvalue weighted by atomic mass is 10.1. The molecule has 0 aliphatic rings. The second kappa shape index (κ2) is 10.1. The lowest BCUT2D eigenvalue weighted by Crippen LogP contribution is -2.39. The molecule has 28 heavy (non-hydrogen) atoms. The smallest absolute Gasteiger partial charge is 0.330 e. The maximum atomic E-state index is 12.1. The minimum absolute atomic E-state index is 0.00311. The second-order valence-electron chi connectivity index (χ2n) is 6.88. The summed E-state index contributed by atoms with van der Waals surface area (Å²) < 4.78 is 14.2. The zero-order valence-electron chi connectivity index (χ0n) is 17.4. The molecule has 1 aromatic heterocycles. The molecule has 0 spiro atoms. The van der Waals surface area contributed by atoms with Crippen LogP contribution in [0.1, 0.15) is 50.9 Å². The van der Waals surface area contributed by atoms with E-state index in [0.29, 0.717) is 25.5 Å². The molecule has 0 bridgehead atoms. The predicted molar refractivity (Wildman–Crippen MR) is 110 cm³/mol. The van der Waals surface area contributed by atoms with Gasteiger partial charge in [0.05, 0.1) is 13.2 Å². The Bertz CT molecular complexity index is 901. The largest absolute Gasteiger partial charge is 0.490 e. The first-order valence-electron chi connectivity index (χ1n) is 9.77. The summed E-state index contributed by atoms with van der Waals surface area (Å²) in [6.07, 6.45) is 1.85. The summed E-state index contributed by atoms with van der Waals surface area (Å²) in [5.41, 5.74) is 1.05. The molecule has 7 heteroatoms. The fourth-order valence-electron chi connectivity index (χ4n) is 2.77. The van der Waals surface area contributed by atoms with Crippen molar-refractivity contribution in [2.75, 3.05) is 13.2 Å². The Hall–Kier alpha value is -2.54. The molecule has 7 nitrogen and oxygen atoms in total. The highest BCUT2D eigenvalue weighted by Crippen LogP contribution is 2.31. The Morgan fingerprint density at radius 3 is 2.25 bits per heavy atom. The number of nitrogens with one attached hydrogen (secondary N) is 1. The average molecular weight is 389 g/mol. The number of hydrogen-bond donors (Lipinski definition) is 1. The minimum Gasteiger partial charge on any atom is -0.490 e. The molecule has 0 saturated carbocycles. The third-order valence-electron chi connectivity index (χ3n) is 4.61. The fourth-order valence-corrected chi connectivity index (χ4v) is 2.77. The van der Waals surface area contributed by atoms with Gasteiger partial charge in [-0.1, -0.05) is 19.9 Å². The monoisotopic (exact) mass is 389 g/mol. The zero-order chi connectivity index (χ0) is 20.7. The van der Waals surface area contributed by atoms with Crippen LogP contribution >= 0.6 is 0 Å². The van der Waals surface area contributed by atoms with Gasteiger partial charge in [-0.15, -0.1) is 0 Å². The Balaban J connectivity index is 2.16. The lowest BCUT2D eigenvalue weighted by molar-refractivity contribution is 0.268. The molecule has 0 radical (unpaired) electrons. The van der Waals surface area contributed by atoms with E-state index in [2.05, 4.69) is 19.2 Å². The van der Waals surface area contributed by atoms with Crippen molar-refractivity contribution in [1.29, 1.82) is 0 Å². The van der Waals surface area contributed by atoms with Crippen molar-refractivity contribution in [3.8, 4) is 11.5 Å². The van der Waals surface area contributed by atoms with E-state index in [4.69, 9.17) is 9.47 Å². The first-order chi connectivity index (χ1) is 13.4. The Kier molecular flexibility index (Phi) is 7.87. The molecule has 1 heterocycles. The Labute approximate surface area is 165 Å². The van der Waals surface area contributed by atoms with E-state index in [9.17, 15) is 9.59 Å². The molecule has 2 aromatic rings. The van der Waals surface area contributed by atoms with Crippen LogP contribution in [0.3, 0.4) is 0 Å². The standard InChI is InChI=1S/C21H31N3O4/c1-6-10-27-18-9-8-16(12-19(18)28-11-7-2)15(3)22-14-17-13-20(25)24(5)21(26)23(17)4/h8-9,12-13,15,22H,6-7,10-11,14H2,1-5H3/t15-/m0/s1. The van der Waals surface area contributed by atoms with Crippen molar-refractivity contribution in [1.82, 2.24) is 14.5 Å². The molecule has 0 unspecified atom stereocenters. The summed E-state index contributed by atoms with van der Waals surface area (Å²) in [7, 11) is 3.14. The molecule has 1 aromatic carbocycles. The number of benzene rings is 1. The van der Waals surface area contributed by atoms with Crippen molar-refractivity contribution >= 4 is 0 Å². The van der Waals surface area contributed by atoms with Gasteiger partial charge in [-0.25, -0.2) is 4.79 Å². The normalized spacial score (nSPS) is 12.0. The van der Waals surface area contributed by atoms with Gasteiger partial charge in [0, 0.05) is 38.4 Å². The van der Waals surface area contributed by atoms with Crippen LogP contribution in [0, 0.1) is 0 Å². The predicted octanol–water partition coefficient (Wildman–Crippen LogP) is 2.51. The van der Waals surface area contributed by atoms with Gasteiger partial charge in [-0.05, 0) is 37.5 Å². The number of rotatable bonds is 10. The summed E-state index contributed by atoms with van der Waals surface area (Å²) >= 11 is 0. The highest BCUT2D eigenvalue weighted by Gasteiger charge is 2.13. The van der Waals surface area contributed by atoms with Gasteiger partial charge >= 0.3 is 5.69 Å². The molecule has 1 N–H and O–H groups in total. The summed E-state index contributed by atoms with van der Waals surface area (Å²) in [6, 6.07) is 7.41. The molecule has 0 saturated heterocycles. The van der Waals surface area contributed by atoms with Crippen LogP contribution in [0.25, 0.3) is 0 Å². The number of hydrogen-bond acceptors (Lipinski definition) is 5. The second-order valence-corrected chi connectivity index (χ2v) is 6.88. The Morgan fingerprint density at radius 2 is 1.61 bits per heavy atom. The SMILES string of the molecule is CCCOc1ccc([C@H](C)NCc2cc(=O)n(C)c(=O)n2C)cc1OCCC. The van der Waals surface area contributed by atoms with Gasteiger partial charge in [0.25, 0.3) is 5.56 Å². The molecule has 0 amide bonds.